The number of aryl methyl sites for hydroxylation is 2. The summed E-state index contributed by atoms with van der Waals surface area (Å²) in [5.74, 6) is -0.525. The highest BCUT2D eigenvalue weighted by atomic mass is 32.1. The average molecular weight is 310 g/mol. The van der Waals surface area contributed by atoms with Crippen molar-refractivity contribution in [2.45, 2.75) is 20.3 Å². The van der Waals surface area contributed by atoms with Gasteiger partial charge in [-0.05, 0) is 25.5 Å². The number of hydrogen-bond donors (Lipinski definition) is 1. The number of amides is 1. The summed E-state index contributed by atoms with van der Waals surface area (Å²) in [4.78, 5) is 29.1. The quantitative estimate of drug-likeness (QED) is 0.882. The van der Waals surface area contributed by atoms with Crippen LogP contribution < -0.4 is 5.32 Å². The number of nitrogens with one attached hydrogen (secondary N) is 1. The predicted molar refractivity (Wildman–Crippen MR) is 79.6 cm³/mol. The van der Waals surface area contributed by atoms with Crippen LogP contribution in [0, 0.1) is 13.8 Å². The van der Waals surface area contributed by atoms with Gasteiger partial charge in [0.1, 0.15) is 0 Å². The maximum Gasteiger partial charge on any atom is 0.311 e. The van der Waals surface area contributed by atoms with Crippen molar-refractivity contribution in [1.29, 1.82) is 0 Å². The number of thiophene rings is 1. The first-order valence-electron chi connectivity index (χ1n) is 5.89. The van der Waals surface area contributed by atoms with Gasteiger partial charge in [0.15, 0.2) is 5.13 Å². The number of thiazole rings is 1. The Morgan fingerprint density at radius 1 is 1.40 bits per heavy atom. The van der Waals surface area contributed by atoms with Crippen LogP contribution in [0.3, 0.4) is 0 Å². The fourth-order valence-corrected chi connectivity index (χ4v) is 3.14. The van der Waals surface area contributed by atoms with Crippen molar-refractivity contribution in [2.75, 3.05) is 12.4 Å². The second-order valence-electron chi connectivity index (χ2n) is 4.20. The van der Waals surface area contributed by atoms with E-state index in [1.807, 2.05) is 19.9 Å². The standard InChI is InChI=1S/C13H14N2O3S2/c1-7-4-10(20-8(7)2)12(17)15-13-14-9(6-19-13)5-11(16)18-3/h4,6H,5H2,1-3H3,(H,14,15,17). The maximum absolute atomic E-state index is 12.0. The van der Waals surface area contributed by atoms with Crippen LogP contribution in [0.5, 0.6) is 0 Å². The molecule has 7 heteroatoms. The predicted octanol–water partition coefficient (Wildman–Crippen LogP) is 2.79. The Bertz CT molecular complexity index is 626. The summed E-state index contributed by atoms with van der Waals surface area (Å²) >= 11 is 2.74. The summed E-state index contributed by atoms with van der Waals surface area (Å²) in [6, 6.07) is 1.86. The minimum Gasteiger partial charge on any atom is -0.469 e. The van der Waals surface area contributed by atoms with Crippen LogP contribution in [-0.2, 0) is 16.0 Å². The maximum atomic E-state index is 12.0. The number of esters is 1. The van der Waals surface area contributed by atoms with Crippen LogP contribution in [0.15, 0.2) is 11.4 Å². The Morgan fingerprint density at radius 3 is 2.75 bits per heavy atom. The van der Waals surface area contributed by atoms with E-state index in [4.69, 9.17) is 0 Å². The highest BCUT2D eigenvalue weighted by Gasteiger charge is 2.13. The molecule has 20 heavy (non-hydrogen) atoms. The first-order valence-corrected chi connectivity index (χ1v) is 7.59. The molecule has 2 heterocycles. The van der Waals surface area contributed by atoms with Crippen molar-refractivity contribution < 1.29 is 14.3 Å². The zero-order valence-electron chi connectivity index (χ0n) is 11.4. The van der Waals surface area contributed by atoms with Gasteiger partial charge in [-0.25, -0.2) is 4.98 Å². The van der Waals surface area contributed by atoms with Crippen molar-refractivity contribution in [3.05, 3.63) is 32.5 Å². The van der Waals surface area contributed by atoms with Crippen molar-refractivity contribution in [2.24, 2.45) is 0 Å². The Balaban J connectivity index is 2.03. The molecule has 1 amide bonds. The molecule has 0 aromatic carbocycles. The SMILES string of the molecule is COC(=O)Cc1csc(NC(=O)c2cc(C)c(C)s2)n1. The lowest BCUT2D eigenvalue weighted by molar-refractivity contribution is -0.139. The number of aromatic nitrogens is 1. The molecule has 0 aliphatic carbocycles. The third-order valence-corrected chi connectivity index (χ3v) is 4.67. The van der Waals surface area contributed by atoms with E-state index in [0.29, 0.717) is 15.7 Å². The Morgan fingerprint density at radius 2 is 2.15 bits per heavy atom. The number of anilines is 1. The van der Waals surface area contributed by atoms with Gasteiger partial charge in [-0.15, -0.1) is 22.7 Å². The Labute approximate surface area is 124 Å². The molecule has 0 spiro atoms. The fourth-order valence-electron chi connectivity index (χ4n) is 1.51. The molecule has 2 aromatic rings. The van der Waals surface area contributed by atoms with Gasteiger partial charge in [-0.2, -0.15) is 0 Å². The highest BCUT2D eigenvalue weighted by Crippen LogP contribution is 2.23. The molecule has 0 saturated heterocycles. The Hall–Kier alpha value is -1.73. The zero-order valence-corrected chi connectivity index (χ0v) is 13.0. The summed E-state index contributed by atoms with van der Waals surface area (Å²) in [5, 5.41) is 4.95. The van der Waals surface area contributed by atoms with Gasteiger partial charge in [0, 0.05) is 10.3 Å². The minimum absolute atomic E-state index is 0.111. The summed E-state index contributed by atoms with van der Waals surface area (Å²) in [7, 11) is 1.33. The van der Waals surface area contributed by atoms with E-state index in [9.17, 15) is 9.59 Å². The van der Waals surface area contributed by atoms with E-state index in [2.05, 4.69) is 15.0 Å². The molecule has 106 valence electrons. The lowest BCUT2D eigenvalue weighted by Gasteiger charge is -1.98. The largest absolute Gasteiger partial charge is 0.469 e. The van der Waals surface area contributed by atoms with E-state index in [-0.39, 0.29) is 18.3 Å². The topological polar surface area (TPSA) is 68.3 Å². The van der Waals surface area contributed by atoms with E-state index in [0.717, 1.165) is 10.4 Å². The zero-order chi connectivity index (χ0) is 14.7. The van der Waals surface area contributed by atoms with E-state index < -0.39 is 0 Å². The second kappa shape index (κ2) is 6.15. The lowest BCUT2D eigenvalue weighted by atomic mass is 10.3. The molecule has 0 aliphatic rings. The van der Waals surface area contributed by atoms with Gasteiger partial charge in [0.05, 0.1) is 24.1 Å². The Kier molecular flexibility index (Phi) is 4.51. The molecule has 0 atom stereocenters. The van der Waals surface area contributed by atoms with E-state index in [1.165, 1.54) is 29.8 Å². The summed E-state index contributed by atoms with van der Waals surface area (Å²) in [6.07, 6.45) is 0.111. The monoisotopic (exact) mass is 310 g/mol. The number of nitrogens with zero attached hydrogens (tertiary/aromatic N) is 1. The number of hydrogen-bond acceptors (Lipinski definition) is 6. The first-order chi connectivity index (χ1) is 9.49. The summed E-state index contributed by atoms with van der Waals surface area (Å²) < 4.78 is 4.57. The molecule has 0 unspecified atom stereocenters. The summed E-state index contributed by atoms with van der Waals surface area (Å²) in [5.41, 5.74) is 1.70. The molecule has 0 saturated carbocycles. The van der Waals surface area contributed by atoms with Crippen LogP contribution in [-0.4, -0.2) is 24.0 Å². The van der Waals surface area contributed by atoms with Crippen molar-refractivity contribution in [3.63, 3.8) is 0 Å². The highest BCUT2D eigenvalue weighted by molar-refractivity contribution is 7.15. The summed E-state index contributed by atoms with van der Waals surface area (Å²) in [6.45, 7) is 3.95. The van der Waals surface area contributed by atoms with Gasteiger partial charge in [-0.1, -0.05) is 0 Å². The fraction of sp³-hybridized carbons (Fsp3) is 0.308. The van der Waals surface area contributed by atoms with Crippen molar-refractivity contribution >= 4 is 39.7 Å². The van der Waals surface area contributed by atoms with Gasteiger partial charge in [0.25, 0.3) is 5.91 Å². The average Bonchev–Trinajstić information content (AvgIpc) is 2.97. The number of methoxy groups -OCH3 is 1. The van der Waals surface area contributed by atoms with Crippen molar-refractivity contribution in [3.8, 4) is 0 Å². The number of carbonyl (C=O) groups excluding carboxylic acids is 2. The minimum atomic E-state index is -0.349. The third kappa shape index (κ3) is 3.43. The van der Waals surface area contributed by atoms with Crippen LogP contribution in [0.4, 0.5) is 5.13 Å². The number of rotatable bonds is 4. The smallest absolute Gasteiger partial charge is 0.311 e. The molecule has 1 N–H and O–H groups in total. The molecule has 0 radical (unpaired) electrons. The van der Waals surface area contributed by atoms with E-state index in [1.54, 1.807) is 5.38 Å². The first kappa shape index (κ1) is 14.7. The van der Waals surface area contributed by atoms with Gasteiger partial charge in [0.2, 0.25) is 0 Å². The molecule has 2 rings (SSSR count). The molecule has 2 aromatic heterocycles. The third-order valence-electron chi connectivity index (χ3n) is 2.72. The number of carbonyl (C=O) groups is 2. The molecule has 5 nitrogen and oxygen atoms in total. The molecular weight excluding hydrogens is 296 g/mol. The van der Waals surface area contributed by atoms with E-state index >= 15 is 0 Å². The normalized spacial score (nSPS) is 10.3. The van der Waals surface area contributed by atoms with Gasteiger partial charge in [-0.3, -0.25) is 14.9 Å². The molecule has 0 fully saturated rings. The second-order valence-corrected chi connectivity index (χ2v) is 6.32. The molecular formula is C13H14N2O3S2. The number of ether oxygens (including phenoxy) is 1. The van der Waals surface area contributed by atoms with Crippen LogP contribution in [0.1, 0.15) is 25.8 Å². The van der Waals surface area contributed by atoms with Crippen LogP contribution in [0.2, 0.25) is 0 Å². The van der Waals surface area contributed by atoms with Gasteiger partial charge < -0.3 is 4.74 Å². The van der Waals surface area contributed by atoms with Gasteiger partial charge >= 0.3 is 5.97 Å². The lowest BCUT2D eigenvalue weighted by Crippen LogP contribution is -2.10. The van der Waals surface area contributed by atoms with Crippen LogP contribution in [0.25, 0.3) is 0 Å². The molecule has 0 bridgehead atoms. The van der Waals surface area contributed by atoms with Crippen LogP contribution >= 0.6 is 22.7 Å². The molecule has 0 aliphatic heterocycles. The van der Waals surface area contributed by atoms with Crippen molar-refractivity contribution in [1.82, 2.24) is 4.98 Å².